The highest BCUT2D eigenvalue weighted by molar-refractivity contribution is 5.32. The molecule has 0 aliphatic carbocycles. The van der Waals surface area contributed by atoms with Crippen molar-refractivity contribution in [3.05, 3.63) is 70.8 Å². The number of likely N-dealkylation sites (N-methyl/N-ethyl adjacent to an activating group) is 1. The Balaban J connectivity index is 2.45. The molecule has 0 saturated carbocycles. The molecule has 0 radical (unpaired) electrons. The maximum absolute atomic E-state index is 14.3. The summed E-state index contributed by atoms with van der Waals surface area (Å²) in [6.45, 7) is 3.63. The molecule has 3 heteroatoms. The Morgan fingerprint density at radius 3 is 2.29 bits per heavy atom. The number of hydrogen-bond donors (Lipinski definition) is 1. The van der Waals surface area contributed by atoms with E-state index in [1.165, 1.54) is 12.1 Å². The molecule has 0 aliphatic heterocycles. The summed E-state index contributed by atoms with van der Waals surface area (Å²) in [7, 11) is 1.79. The molecule has 2 rings (SSSR count). The molecular formula is C18H21F2N. The van der Waals surface area contributed by atoms with Gasteiger partial charge in [0.25, 0.3) is 0 Å². The van der Waals surface area contributed by atoms with Crippen LogP contribution in [0, 0.1) is 18.6 Å². The highest BCUT2D eigenvalue weighted by Gasteiger charge is 2.25. The molecule has 0 bridgehead atoms. The van der Waals surface area contributed by atoms with Gasteiger partial charge in [0.15, 0.2) is 0 Å². The number of benzene rings is 2. The predicted octanol–water partition coefficient (Wildman–Crippen LogP) is 4.73. The topological polar surface area (TPSA) is 12.0 Å². The zero-order chi connectivity index (χ0) is 15.4. The lowest BCUT2D eigenvalue weighted by Gasteiger charge is -2.27. The summed E-state index contributed by atoms with van der Waals surface area (Å²) in [5.41, 5.74) is 1.84. The van der Waals surface area contributed by atoms with E-state index in [0.717, 1.165) is 12.0 Å². The van der Waals surface area contributed by atoms with E-state index in [1.54, 1.807) is 14.0 Å². The van der Waals surface area contributed by atoms with Crippen molar-refractivity contribution in [3.8, 4) is 0 Å². The van der Waals surface area contributed by atoms with E-state index in [2.05, 4.69) is 12.2 Å². The second-order valence-corrected chi connectivity index (χ2v) is 5.31. The number of nitrogens with one attached hydrogen (secondary N) is 1. The molecule has 2 unspecified atom stereocenters. The predicted molar refractivity (Wildman–Crippen MR) is 82.4 cm³/mol. The molecule has 2 aromatic carbocycles. The van der Waals surface area contributed by atoms with Crippen molar-refractivity contribution in [1.29, 1.82) is 0 Å². The van der Waals surface area contributed by atoms with Crippen LogP contribution in [0.15, 0.2) is 42.5 Å². The van der Waals surface area contributed by atoms with E-state index in [9.17, 15) is 8.78 Å². The second-order valence-electron chi connectivity index (χ2n) is 5.31. The van der Waals surface area contributed by atoms with Gasteiger partial charge in [0.1, 0.15) is 11.6 Å². The van der Waals surface area contributed by atoms with Crippen LogP contribution in [0.4, 0.5) is 8.78 Å². The molecule has 2 aromatic rings. The maximum atomic E-state index is 14.3. The minimum Gasteiger partial charge on any atom is -0.312 e. The van der Waals surface area contributed by atoms with Gasteiger partial charge in [0, 0.05) is 17.5 Å². The van der Waals surface area contributed by atoms with Crippen LogP contribution >= 0.6 is 0 Å². The summed E-state index contributed by atoms with van der Waals surface area (Å²) < 4.78 is 28.1. The molecule has 0 saturated heterocycles. The summed E-state index contributed by atoms with van der Waals surface area (Å²) in [4.78, 5) is 0. The minimum atomic E-state index is -0.366. The van der Waals surface area contributed by atoms with Crippen molar-refractivity contribution in [1.82, 2.24) is 5.32 Å². The fourth-order valence-electron chi connectivity index (χ4n) is 2.84. The molecule has 2 atom stereocenters. The largest absolute Gasteiger partial charge is 0.312 e. The molecule has 21 heavy (non-hydrogen) atoms. The van der Waals surface area contributed by atoms with Gasteiger partial charge in [-0.2, -0.15) is 0 Å². The van der Waals surface area contributed by atoms with Gasteiger partial charge in [-0.3, -0.25) is 0 Å². The molecule has 112 valence electrons. The first kappa shape index (κ1) is 15.6. The first-order valence-corrected chi connectivity index (χ1v) is 7.26. The average molecular weight is 289 g/mol. The Morgan fingerprint density at radius 2 is 1.71 bits per heavy atom. The second kappa shape index (κ2) is 6.81. The Bertz CT molecular complexity index is 596. The molecule has 0 spiro atoms. The van der Waals surface area contributed by atoms with Crippen molar-refractivity contribution in [3.63, 3.8) is 0 Å². The number of hydrogen-bond acceptors (Lipinski definition) is 1. The third kappa shape index (κ3) is 3.30. The van der Waals surface area contributed by atoms with E-state index in [-0.39, 0.29) is 23.6 Å². The molecule has 1 nitrogen and oxygen atoms in total. The fourth-order valence-corrected chi connectivity index (χ4v) is 2.84. The van der Waals surface area contributed by atoms with Crippen molar-refractivity contribution in [2.45, 2.75) is 32.2 Å². The summed E-state index contributed by atoms with van der Waals surface area (Å²) in [5.74, 6) is -0.634. The molecule has 0 amide bonds. The van der Waals surface area contributed by atoms with Crippen LogP contribution in [0.3, 0.4) is 0 Å². The van der Waals surface area contributed by atoms with E-state index < -0.39 is 0 Å². The number of rotatable bonds is 5. The Hall–Kier alpha value is -1.74. The zero-order valence-electron chi connectivity index (χ0n) is 12.7. The van der Waals surface area contributed by atoms with E-state index in [1.807, 2.05) is 30.3 Å². The van der Waals surface area contributed by atoms with Crippen LogP contribution in [0.2, 0.25) is 0 Å². The lowest BCUT2D eigenvalue weighted by molar-refractivity contribution is 0.442. The van der Waals surface area contributed by atoms with Crippen molar-refractivity contribution >= 4 is 0 Å². The summed E-state index contributed by atoms with van der Waals surface area (Å²) >= 11 is 0. The quantitative estimate of drug-likeness (QED) is 0.839. The van der Waals surface area contributed by atoms with Gasteiger partial charge in [0.05, 0.1) is 0 Å². The average Bonchev–Trinajstić information content (AvgIpc) is 2.50. The third-order valence-electron chi connectivity index (χ3n) is 3.99. The zero-order valence-corrected chi connectivity index (χ0v) is 12.7. The fraction of sp³-hybridized carbons (Fsp3) is 0.333. The molecular weight excluding hydrogens is 268 g/mol. The molecule has 0 fully saturated rings. The van der Waals surface area contributed by atoms with Gasteiger partial charge in [-0.1, -0.05) is 37.3 Å². The van der Waals surface area contributed by atoms with Crippen molar-refractivity contribution < 1.29 is 8.78 Å². The SMILES string of the molecule is CCC(c1ccccc1)C(NC)c1cc(F)c(C)cc1F. The van der Waals surface area contributed by atoms with Crippen LogP contribution in [0.25, 0.3) is 0 Å². The lowest BCUT2D eigenvalue weighted by Crippen LogP contribution is -2.25. The monoisotopic (exact) mass is 289 g/mol. The van der Waals surface area contributed by atoms with Crippen molar-refractivity contribution in [2.75, 3.05) is 7.05 Å². The first-order valence-electron chi connectivity index (χ1n) is 7.26. The molecule has 0 aromatic heterocycles. The molecule has 1 N–H and O–H groups in total. The van der Waals surface area contributed by atoms with Crippen LogP contribution < -0.4 is 5.32 Å². The summed E-state index contributed by atoms with van der Waals surface area (Å²) in [6.07, 6.45) is 0.838. The van der Waals surface area contributed by atoms with Gasteiger partial charge < -0.3 is 5.32 Å². The Kier molecular flexibility index (Phi) is 5.07. The van der Waals surface area contributed by atoms with E-state index in [4.69, 9.17) is 0 Å². The maximum Gasteiger partial charge on any atom is 0.128 e. The third-order valence-corrected chi connectivity index (χ3v) is 3.99. The van der Waals surface area contributed by atoms with Crippen LogP contribution in [-0.4, -0.2) is 7.05 Å². The molecule has 0 heterocycles. The summed E-state index contributed by atoms with van der Waals surface area (Å²) in [5, 5.41) is 3.15. The van der Waals surface area contributed by atoms with Gasteiger partial charge in [-0.05, 0) is 43.7 Å². The Labute approximate surface area is 125 Å². The van der Waals surface area contributed by atoms with Gasteiger partial charge in [-0.25, -0.2) is 8.78 Å². The minimum absolute atomic E-state index is 0.0906. The first-order chi connectivity index (χ1) is 10.1. The Morgan fingerprint density at radius 1 is 1.05 bits per heavy atom. The van der Waals surface area contributed by atoms with E-state index in [0.29, 0.717) is 11.1 Å². The highest BCUT2D eigenvalue weighted by Crippen LogP contribution is 2.35. The van der Waals surface area contributed by atoms with E-state index >= 15 is 0 Å². The van der Waals surface area contributed by atoms with Gasteiger partial charge >= 0.3 is 0 Å². The number of halogens is 2. The smallest absolute Gasteiger partial charge is 0.128 e. The van der Waals surface area contributed by atoms with Gasteiger partial charge in [-0.15, -0.1) is 0 Å². The van der Waals surface area contributed by atoms with Gasteiger partial charge in [0.2, 0.25) is 0 Å². The lowest BCUT2D eigenvalue weighted by atomic mass is 9.84. The molecule has 0 aliphatic rings. The highest BCUT2D eigenvalue weighted by atomic mass is 19.1. The summed E-state index contributed by atoms with van der Waals surface area (Å²) in [6, 6.07) is 12.3. The van der Waals surface area contributed by atoms with Crippen LogP contribution in [0.1, 0.15) is 42.0 Å². The normalized spacial score (nSPS) is 14.0. The van der Waals surface area contributed by atoms with Crippen LogP contribution in [0.5, 0.6) is 0 Å². The standard InChI is InChI=1S/C18H21F2N/c1-4-14(13-8-6-5-7-9-13)18(21-3)15-11-16(19)12(2)10-17(15)20/h5-11,14,18,21H,4H2,1-3H3. The van der Waals surface area contributed by atoms with Crippen LogP contribution in [-0.2, 0) is 0 Å². The number of aryl methyl sites for hydroxylation is 1. The van der Waals surface area contributed by atoms with Crippen molar-refractivity contribution in [2.24, 2.45) is 0 Å².